The lowest BCUT2D eigenvalue weighted by atomic mass is 9.97. The molecule has 0 spiro atoms. The number of urea groups is 1. The number of amides is 2. The fraction of sp³-hybridized carbons (Fsp3) is 0.750. The van der Waals surface area contributed by atoms with Crippen LogP contribution in [0.4, 0.5) is 10.7 Å². The maximum Gasteiger partial charge on any atom is 0.318 e. The minimum Gasteiger partial charge on any atom is -0.381 e. The van der Waals surface area contributed by atoms with Gasteiger partial charge in [-0.05, 0) is 45.4 Å². The van der Waals surface area contributed by atoms with E-state index in [4.69, 9.17) is 14.5 Å². The molecule has 3 aliphatic heterocycles. The van der Waals surface area contributed by atoms with Crippen molar-refractivity contribution in [1.29, 1.82) is 0 Å². The second kappa shape index (κ2) is 8.21. The molecule has 2 N–H and O–H groups in total. The topological polar surface area (TPSA) is 88.6 Å². The zero-order valence-corrected chi connectivity index (χ0v) is 16.9. The van der Waals surface area contributed by atoms with E-state index in [-0.39, 0.29) is 6.03 Å². The highest BCUT2D eigenvalue weighted by atomic mass is 16.5. The monoisotopic (exact) mass is 389 g/mol. The molecule has 0 radical (unpaired) electrons. The Morgan fingerprint density at radius 2 is 2.07 bits per heavy atom. The van der Waals surface area contributed by atoms with Crippen LogP contribution in [0.3, 0.4) is 0 Å². The van der Waals surface area contributed by atoms with Crippen molar-refractivity contribution in [2.75, 3.05) is 38.3 Å². The number of aromatic nitrogens is 2. The fourth-order valence-electron chi connectivity index (χ4n) is 4.26. The Bertz CT molecular complexity index is 699. The number of carbonyl (C=O) groups excluding carboxylic acids is 1. The van der Waals surface area contributed by atoms with Crippen LogP contribution in [0.2, 0.25) is 0 Å². The van der Waals surface area contributed by atoms with Crippen LogP contribution in [0.25, 0.3) is 0 Å². The van der Waals surface area contributed by atoms with Gasteiger partial charge < -0.3 is 25.0 Å². The van der Waals surface area contributed by atoms with Crippen molar-refractivity contribution in [3.05, 3.63) is 17.5 Å². The molecule has 28 heavy (non-hydrogen) atoms. The third-order valence-electron chi connectivity index (χ3n) is 6.11. The van der Waals surface area contributed by atoms with E-state index in [0.717, 1.165) is 63.4 Å². The molecule has 0 saturated carbocycles. The van der Waals surface area contributed by atoms with Crippen molar-refractivity contribution in [2.24, 2.45) is 5.92 Å². The largest absolute Gasteiger partial charge is 0.381 e. The van der Waals surface area contributed by atoms with Gasteiger partial charge in [-0.2, -0.15) is 0 Å². The first-order valence-corrected chi connectivity index (χ1v) is 10.4. The lowest BCUT2D eigenvalue weighted by Crippen LogP contribution is -2.47. The maximum absolute atomic E-state index is 12.9. The highest BCUT2D eigenvalue weighted by Crippen LogP contribution is 2.37. The third-order valence-corrected chi connectivity index (χ3v) is 6.11. The summed E-state index contributed by atoms with van der Waals surface area (Å²) in [7, 11) is 0. The summed E-state index contributed by atoms with van der Waals surface area (Å²) in [4.78, 5) is 24.0. The molecule has 0 aromatic carbocycles. The number of hydrogen-bond donors (Lipinski definition) is 2. The number of ether oxygens (including phenoxy) is 2. The first kappa shape index (κ1) is 19.4. The smallest absolute Gasteiger partial charge is 0.318 e. The van der Waals surface area contributed by atoms with Crippen molar-refractivity contribution >= 4 is 12.0 Å². The summed E-state index contributed by atoms with van der Waals surface area (Å²) < 4.78 is 10.9. The summed E-state index contributed by atoms with van der Waals surface area (Å²) in [6.45, 7) is 8.38. The number of nitrogens with zero attached hydrogens (tertiary/aromatic N) is 3. The van der Waals surface area contributed by atoms with Gasteiger partial charge >= 0.3 is 6.03 Å². The molecule has 8 heteroatoms. The molecule has 0 bridgehead atoms. The third kappa shape index (κ3) is 4.07. The minimum absolute atomic E-state index is 0.0486. The molecule has 8 nitrogen and oxygen atoms in total. The lowest BCUT2D eigenvalue weighted by molar-refractivity contribution is 0.0543. The van der Waals surface area contributed by atoms with Crippen molar-refractivity contribution in [3.63, 3.8) is 0 Å². The Kier molecular flexibility index (Phi) is 5.68. The van der Waals surface area contributed by atoms with Crippen LogP contribution < -0.4 is 10.6 Å². The minimum atomic E-state index is -0.431. The highest BCUT2D eigenvalue weighted by molar-refractivity contribution is 5.76. The lowest BCUT2D eigenvalue weighted by Gasteiger charge is -2.33. The Labute approximate surface area is 166 Å². The van der Waals surface area contributed by atoms with Crippen LogP contribution in [-0.2, 0) is 21.6 Å². The van der Waals surface area contributed by atoms with Crippen LogP contribution in [0.1, 0.15) is 50.8 Å². The predicted octanol–water partition coefficient (Wildman–Crippen LogP) is 2.25. The van der Waals surface area contributed by atoms with Gasteiger partial charge in [0, 0.05) is 44.2 Å². The summed E-state index contributed by atoms with van der Waals surface area (Å²) in [5.41, 5.74) is 1.51. The molecular weight excluding hydrogens is 358 g/mol. The second-order valence-electron chi connectivity index (χ2n) is 8.50. The van der Waals surface area contributed by atoms with Crippen molar-refractivity contribution in [3.8, 4) is 0 Å². The van der Waals surface area contributed by atoms with E-state index in [1.807, 2.05) is 11.1 Å². The van der Waals surface area contributed by atoms with Crippen LogP contribution in [0, 0.1) is 5.92 Å². The van der Waals surface area contributed by atoms with Gasteiger partial charge in [-0.15, -0.1) is 0 Å². The summed E-state index contributed by atoms with van der Waals surface area (Å²) in [6.07, 6.45) is 5.97. The molecule has 1 aromatic heterocycles. The molecule has 4 rings (SSSR count). The van der Waals surface area contributed by atoms with E-state index in [9.17, 15) is 4.79 Å². The number of carbonyl (C=O) groups is 1. The number of nitrogens with one attached hydrogen (secondary N) is 2. The quantitative estimate of drug-likeness (QED) is 0.821. The van der Waals surface area contributed by atoms with Crippen molar-refractivity contribution < 1.29 is 14.3 Å². The normalized spacial score (nSPS) is 24.6. The number of fused-ring (bicyclic) bond motifs is 1. The molecule has 1 atom stereocenters. The molecule has 0 aliphatic carbocycles. The zero-order valence-electron chi connectivity index (χ0n) is 16.9. The van der Waals surface area contributed by atoms with Gasteiger partial charge in [0.15, 0.2) is 0 Å². The van der Waals surface area contributed by atoms with Crippen LogP contribution in [-0.4, -0.2) is 59.9 Å². The van der Waals surface area contributed by atoms with Crippen LogP contribution in [0.15, 0.2) is 6.20 Å². The van der Waals surface area contributed by atoms with Crippen LogP contribution >= 0.6 is 0 Å². The summed E-state index contributed by atoms with van der Waals surface area (Å²) in [5, 5.41) is 6.51. The number of hydrogen-bond acceptors (Lipinski definition) is 6. The Balaban J connectivity index is 1.39. The Hall–Kier alpha value is -1.93. The van der Waals surface area contributed by atoms with Crippen molar-refractivity contribution in [2.45, 2.75) is 57.7 Å². The first-order chi connectivity index (χ1) is 13.5. The molecule has 3 aliphatic rings. The molecule has 154 valence electrons. The molecule has 2 fully saturated rings. The Morgan fingerprint density at radius 1 is 1.25 bits per heavy atom. The average Bonchev–Trinajstić information content (AvgIpc) is 2.98. The number of rotatable bonds is 4. The second-order valence-corrected chi connectivity index (χ2v) is 8.50. The van der Waals surface area contributed by atoms with E-state index in [1.54, 1.807) is 0 Å². The zero-order chi connectivity index (χ0) is 19.6. The van der Waals surface area contributed by atoms with E-state index >= 15 is 0 Å². The molecule has 2 amide bonds. The van der Waals surface area contributed by atoms with Crippen LogP contribution in [0.5, 0.6) is 0 Å². The van der Waals surface area contributed by atoms with Gasteiger partial charge in [-0.3, -0.25) is 0 Å². The summed E-state index contributed by atoms with van der Waals surface area (Å²) >= 11 is 0. The fourth-order valence-corrected chi connectivity index (χ4v) is 4.26. The number of anilines is 1. The summed E-state index contributed by atoms with van der Waals surface area (Å²) in [6, 6.07) is 0.297. The average molecular weight is 390 g/mol. The summed E-state index contributed by atoms with van der Waals surface area (Å²) in [5.74, 6) is 1.05. The predicted molar refractivity (Wildman–Crippen MR) is 105 cm³/mol. The van der Waals surface area contributed by atoms with Gasteiger partial charge in [-0.25, -0.2) is 14.8 Å². The van der Waals surface area contributed by atoms with E-state index in [0.29, 0.717) is 31.0 Å². The van der Waals surface area contributed by atoms with E-state index < -0.39 is 5.54 Å². The Morgan fingerprint density at radius 3 is 2.82 bits per heavy atom. The van der Waals surface area contributed by atoms with Gasteiger partial charge in [0.05, 0.1) is 24.4 Å². The molecular formula is C20H31N5O3. The highest BCUT2D eigenvalue weighted by Gasteiger charge is 2.42. The molecule has 1 unspecified atom stereocenters. The van der Waals surface area contributed by atoms with E-state index in [2.05, 4.69) is 29.5 Å². The van der Waals surface area contributed by atoms with Gasteiger partial charge in [0.25, 0.3) is 0 Å². The molecule has 1 aromatic rings. The first-order valence-electron chi connectivity index (χ1n) is 10.4. The molecule has 2 saturated heterocycles. The van der Waals surface area contributed by atoms with Gasteiger partial charge in [-0.1, -0.05) is 0 Å². The van der Waals surface area contributed by atoms with E-state index in [1.165, 1.54) is 0 Å². The van der Waals surface area contributed by atoms with Crippen molar-refractivity contribution in [1.82, 2.24) is 20.2 Å². The standard InChI is InChI=1S/C20H31N5O3/c1-20(2)16-11-21-18(23-15-5-8-27-9-6-15)24-17(16)12-25(20)19(26)22-10-14-4-3-7-28-13-14/h11,14-15H,3-10,12-13H2,1-2H3,(H,22,26)(H,21,23,24). The SMILES string of the molecule is CC1(C)c2cnc(NC3CCOCC3)nc2CN1C(=O)NCC1CCCOC1. The van der Waals surface area contributed by atoms with Gasteiger partial charge in [0.2, 0.25) is 5.95 Å². The van der Waals surface area contributed by atoms with Gasteiger partial charge in [0.1, 0.15) is 0 Å². The maximum atomic E-state index is 12.9. The molecule has 4 heterocycles.